The Kier molecular flexibility index (Phi) is 5.12. The van der Waals surface area contributed by atoms with Gasteiger partial charge in [-0.05, 0) is 18.2 Å². The Labute approximate surface area is 154 Å². The summed E-state index contributed by atoms with van der Waals surface area (Å²) in [5, 5.41) is 0. The molecule has 1 atom stereocenters. The van der Waals surface area contributed by atoms with Crippen LogP contribution in [0, 0.1) is 5.92 Å². The first-order valence-electron chi connectivity index (χ1n) is 8.68. The number of alkyl halides is 3. The first-order valence-corrected chi connectivity index (χ1v) is 8.68. The largest absolute Gasteiger partial charge is 0.416 e. The van der Waals surface area contributed by atoms with E-state index in [0.29, 0.717) is 26.2 Å². The number of nitrogens with zero attached hydrogens (tertiary/aromatic N) is 3. The van der Waals surface area contributed by atoms with Gasteiger partial charge in [-0.3, -0.25) is 14.4 Å². The molecule has 1 unspecified atom stereocenters. The van der Waals surface area contributed by atoms with E-state index in [0.717, 1.165) is 12.1 Å². The summed E-state index contributed by atoms with van der Waals surface area (Å²) in [5.74, 6) is -1.19. The Bertz CT molecular complexity index is 758. The van der Waals surface area contributed by atoms with E-state index in [4.69, 9.17) is 0 Å². The van der Waals surface area contributed by atoms with Crippen molar-refractivity contribution >= 4 is 23.4 Å². The molecule has 3 rings (SSSR count). The number of benzene rings is 1. The summed E-state index contributed by atoms with van der Waals surface area (Å²) in [7, 11) is 0. The van der Waals surface area contributed by atoms with Gasteiger partial charge < -0.3 is 14.7 Å². The number of piperazine rings is 1. The third-order valence-electron chi connectivity index (χ3n) is 5.00. The molecule has 3 amide bonds. The van der Waals surface area contributed by atoms with Gasteiger partial charge in [-0.15, -0.1) is 0 Å². The molecule has 0 aromatic heterocycles. The van der Waals surface area contributed by atoms with Gasteiger partial charge in [0.25, 0.3) is 0 Å². The molecule has 0 spiro atoms. The van der Waals surface area contributed by atoms with E-state index < -0.39 is 17.7 Å². The zero-order valence-corrected chi connectivity index (χ0v) is 14.8. The average molecular weight is 383 g/mol. The normalized spacial score (nSPS) is 21.0. The fraction of sp³-hybridized carbons (Fsp3) is 0.500. The van der Waals surface area contributed by atoms with Gasteiger partial charge in [0.15, 0.2) is 0 Å². The number of anilines is 1. The van der Waals surface area contributed by atoms with Crippen LogP contribution in [0.4, 0.5) is 18.9 Å². The average Bonchev–Trinajstić information content (AvgIpc) is 3.02. The summed E-state index contributed by atoms with van der Waals surface area (Å²) in [6, 6.07) is 4.56. The molecule has 2 heterocycles. The Hall–Kier alpha value is -2.58. The smallest absolute Gasteiger partial charge is 0.339 e. The Morgan fingerprint density at radius 2 is 1.70 bits per heavy atom. The highest BCUT2D eigenvalue weighted by Crippen LogP contribution is 2.33. The number of carbonyl (C=O) groups is 3. The van der Waals surface area contributed by atoms with Crippen molar-refractivity contribution in [3.8, 4) is 0 Å². The molecule has 1 aromatic carbocycles. The maximum Gasteiger partial charge on any atom is 0.416 e. The maximum absolute atomic E-state index is 12.9. The van der Waals surface area contributed by atoms with Crippen molar-refractivity contribution in [2.45, 2.75) is 19.5 Å². The van der Waals surface area contributed by atoms with Crippen molar-refractivity contribution in [2.24, 2.45) is 5.92 Å². The second-order valence-corrected chi connectivity index (χ2v) is 6.78. The van der Waals surface area contributed by atoms with Crippen LogP contribution in [-0.4, -0.2) is 60.2 Å². The number of hydrogen-bond donors (Lipinski definition) is 0. The lowest BCUT2D eigenvalue weighted by Crippen LogP contribution is -2.51. The highest BCUT2D eigenvalue weighted by Gasteiger charge is 2.39. The molecule has 146 valence electrons. The molecule has 27 heavy (non-hydrogen) atoms. The maximum atomic E-state index is 12.9. The lowest BCUT2D eigenvalue weighted by Gasteiger charge is -2.35. The molecule has 0 N–H and O–H groups in total. The molecule has 1 aromatic rings. The molecular weight excluding hydrogens is 363 g/mol. The quantitative estimate of drug-likeness (QED) is 0.782. The van der Waals surface area contributed by atoms with E-state index in [9.17, 15) is 27.6 Å². The molecule has 0 bridgehead atoms. The highest BCUT2D eigenvalue weighted by molar-refractivity contribution is 6.00. The van der Waals surface area contributed by atoms with Crippen LogP contribution in [0.25, 0.3) is 0 Å². The highest BCUT2D eigenvalue weighted by atomic mass is 19.4. The molecule has 2 aliphatic heterocycles. The van der Waals surface area contributed by atoms with Gasteiger partial charge in [-0.25, -0.2) is 0 Å². The Balaban J connectivity index is 1.67. The summed E-state index contributed by atoms with van der Waals surface area (Å²) in [5.41, 5.74) is -0.686. The molecule has 0 aliphatic carbocycles. The van der Waals surface area contributed by atoms with E-state index in [1.165, 1.54) is 24.0 Å². The summed E-state index contributed by atoms with van der Waals surface area (Å²) in [6.45, 7) is 3.21. The number of halogens is 3. The van der Waals surface area contributed by atoms with E-state index in [1.54, 1.807) is 9.80 Å². The van der Waals surface area contributed by atoms with Crippen molar-refractivity contribution in [1.29, 1.82) is 0 Å². The summed E-state index contributed by atoms with van der Waals surface area (Å²) >= 11 is 0. The van der Waals surface area contributed by atoms with Crippen molar-refractivity contribution < 1.29 is 27.6 Å². The number of rotatable bonds is 2. The zero-order chi connectivity index (χ0) is 19.8. The SMILES string of the molecule is CC(=O)N1CCN(C(=O)C2CC(=O)N(c3cccc(C(F)(F)F)c3)C2)CC1. The predicted molar refractivity (Wildman–Crippen MR) is 90.7 cm³/mol. The molecule has 2 aliphatic rings. The van der Waals surface area contributed by atoms with Crippen molar-refractivity contribution in [3.05, 3.63) is 29.8 Å². The molecule has 6 nitrogen and oxygen atoms in total. The Morgan fingerprint density at radius 3 is 2.30 bits per heavy atom. The van der Waals surface area contributed by atoms with Crippen LogP contribution >= 0.6 is 0 Å². The van der Waals surface area contributed by atoms with Crippen LogP contribution in [0.5, 0.6) is 0 Å². The van der Waals surface area contributed by atoms with Crippen molar-refractivity contribution in [3.63, 3.8) is 0 Å². The van der Waals surface area contributed by atoms with Crippen molar-refractivity contribution in [1.82, 2.24) is 9.80 Å². The van der Waals surface area contributed by atoms with Gasteiger partial charge in [0, 0.05) is 51.8 Å². The lowest BCUT2D eigenvalue weighted by molar-refractivity contribution is -0.141. The third kappa shape index (κ3) is 4.06. The minimum Gasteiger partial charge on any atom is -0.339 e. The first-order chi connectivity index (χ1) is 12.7. The van der Waals surface area contributed by atoms with E-state index in [-0.39, 0.29) is 36.4 Å². The van der Waals surface area contributed by atoms with E-state index >= 15 is 0 Å². The van der Waals surface area contributed by atoms with Crippen LogP contribution in [0.2, 0.25) is 0 Å². The fourth-order valence-corrected chi connectivity index (χ4v) is 3.47. The molecule has 9 heteroatoms. The molecule has 2 saturated heterocycles. The molecule has 2 fully saturated rings. The third-order valence-corrected chi connectivity index (χ3v) is 5.00. The van der Waals surface area contributed by atoms with Crippen LogP contribution in [-0.2, 0) is 20.6 Å². The minimum absolute atomic E-state index is 0.0258. The number of amides is 3. The van der Waals surface area contributed by atoms with Gasteiger partial charge in [-0.1, -0.05) is 6.07 Å². The molecule has 0 radical (unpaired) electrons. The molecular formula is C18H20F3N3O3. The number of hydrogen-bond acceptors (Lipinski definition) is 3. The van der Waals surface area contributed by atoms with Gasteiger partial charge in [-0.2, -0.15) is 13.2 Å². The van der Waals surface area contributed by atoms with E-state index in [1.807, 2.05) is 0 Å². The molecule has 0 saturated carbocycles. The summed E-state index contributed by atoms with van der Waals surface area (Å²) in [4.78, 5) is 40.9. The van der Waals surface area contributed by atoms with Crippen LogP contribution in [0.15, 0.2) is 24.3 Å². The topological polar surface area (TPSA) is 60.9 Å². The Morgan fingerprint density at radius 1 is 1.07 bits per heavy atom. The summed E-state index contributed by atoms with van der Waals surface area (Å²) in [6.07, 6.45) is -4.52. The van der Waals surface area contributed by atoms with Gasteiger partial charge >= 0.3 is 6.18 Å². The minimum atomic E-state index is -4.50. The zero-order valence-electron chi connectivity index (χ0n) is 14.8. The van der Waals surface area contributed by atoms with Gasteiger partial charge in [0.05, 0.1) is 11.5 Å². The fourth-order valence-electron chi connectivity index (χ4n) is 3.47. The predicted octanol–water partition coefficient (Wildman–Crippen LogP) is 1.75. The van der Waals surface area contributed by atoms with E-state index in [2.05, 4.69) is 0 Å². The second kappa shape index (κ2) is 7.21. The standard InChI is InChI=1S/C18H20F3N3O3/c1-12(25)22-5-7-23(8-6-22)17(27)13-9-16(26)24(11-13)15-4-2-3-14(10-15)18(19,20)21/h2-4,10,13H,5-9,11H2,1H3. The van der Waals surface area contributed by atoms with Crippen LogP contribution in [0.1, 0.15) is 18.9 Å². The van der Waals surface area contributed by atoms with Gasteiger partial charge in [0.2, 0.25) is 17.7 Å². The lowest BCUT2D eigenvalue weighted by atomic mass is 10.1. The van der Waals surface area contributed by atoms with Crippen LogP contribution in [0.3, 0.4) is 0 Å². The number of carbonyl (C=O) groups excluding carboxylic acids is 3. The van der Waals surface area contributed by atoms with Gasteiger partial charge in [0.1, 0.15) is 0 Å². The second-order valence-electron chi connectivity index (χ2n) is 6.78. The van der Waals surface area contributed by atoms with Crippen molar-refractivity contribution in [2.75, 3.05) is 37.6 Å². The van der Waals surface area contributed by atoms with Crippen LogP contribution < -0.4 is 4.90 Å². The monoisotopic (exact) mass is 383 g/mol. The first kappa shape index (κ1) is 19.2. The summed E-state index contributed by atoms with van der Waals surface area (Å²) < 4.78 is 38.7.